The van der Waals surface area contributed by atoms with Gasteiger partial charge < -0.3 is 14.4 Å². The largest absolute Gasteiger partial charge is 0.490 e. The van der Waals surface area contributed by atoms with Crippen molar-refractivity contribution in [3.8, 4) is 5.75 Å². The highest BCUT2D eigenvalue weighted by atomic mass is 35.5. The molecule has 132 valence electrons. The number of carbonyl (C=O) groups excluding carboxylic acids is 2. The number of benzene rings is 1. The summed E-state index contributed by atoms with van der Waals surface area (Å²) < 4.78 is 10.8. The minimum atomic E-state index is -0.509. The van der Waals surface area contributed by atoms with E-state index in [2.05, 4.69) is 0 Å². The zero-order valence-electron chi connectivity index (χ0n) is 13.5. The Kier molecular flexibility index (Phi) is 5.94. The number of esters is 1. The molecule has 0 bridgehead atoms. The van der Waals surface area contributed by atoms with Crippen molar-refractivity contribution in [1.82, 2.24) is 4.90 Å². The molecule has 1 aliphatic heterocycles. The fraction of sp³-hybridized carbons (Fsp3) is 0.333. The first-order valence-corrected chi connectivity index (χ1v) is 9.30. The fourth-order valence-electron chi connectivity index (χ4n) is 2.73. The average molecular weight is 380 g/mol. The molecule has 0 aliphatic carbocycles. The summed E-state index contributed by atoms with van der Waals surface area (Å²) in [6.45, 7) is 0.968. The molecule has 1 aliphatic rings. The van der Waals surface area contributed by atoms with Gasteiger partial charge in [-0.2, -0.15) is 0 Å². The number of hydrogen-bond acceptors (Lipinski definition) is 5. The molecule has 1 unspecified atom stereocenters. The number of halogens is 1. The third-order valence-corrected chi connectivity index (χ3v) is 5.04. The second-order valence-electron chi connectivity index (χ2n) is 5.60. The lowest BCUT2D eigenvalue weighted by molar-refractivity contribution is -0.148. The van der Waals surface area contributed by atoms with Gasteiger partial charge in [-0.3, -0.25) is 4.79 Å². The number of thiophene rings is 1. The first-order valence-electron chi connectivity index (χ1n) is 8.04. The lowest BCUT2D eigenvalue weighted by Gasteiger charge is -2.22. The molecule has 2 aromatic rings. The number of nitrogens with zero attached hydrogens (tertiary/aromatic N) is 1. The highest BCUT2D eigenvalue weighted by Crippen LogP contribution is 2.23. The van der Waals surface area contributed by atoms with Crippen molar-refractivity contribution in [2.24, 2.45) is 0 Å². The van der Waals surface area contributed by atoms with Crippen molar-refractivity contribution in [3.05, 3.63) is 51.7 Å². The number of ether oxygens (including phenoxy) is 2. The Morgan fingerprint density at radius 3 is 2.72 bits per heavy atom. The van der Waals surface area contributed by atoms with E-state index in [1.165, 1.54) is 11.3 Å². The Labute approximate surface area is 155 Å². The minimum absolute atomic E-state index is 0.105. The molecule has 1 aromatic heterocycles. The van der Waals surface area contributed by atoms with Gasteiger partial charge in [0.1, 0.15) is 25.0 Å². The zero-order chi connectivity index (χ0) is 17.6. The highest BCUT2D eigenvalue weighted by molar-refractivity contribution is 7.12. The van der Waals surface area contributed by atoms with Gasteiger partial charge in [-0.1, -0.05) is 17.7 Å². The molecule has 1 atom stereocenters. The molecule has 7 heteroatoms. The van der Waals surface area contributed by atoms with Crippen LogP contribution in [0.2, 0.25) is 5.02 Å². The molecule has 25 heavy (non-hydrogen) atoms. The maximum atomic E-state index is 12.5. The van der Waals surface area contributed by atoms with Crippen LogP contribution in [-0.2, 0) is 9.53 Å². The van der Waals surface area contributed by atoms with Crippen molar-refractivity contribution in [2.45, 2.75) is 18.9 Å². The Morgan fingerprint density at radius 1 is 1.20 bits per heavy atom. The van der Waals surface area contributed by atoms with Crippen LogP contribution in [0.5, 0.6) is 5.75 Å². The SMILES string of the molecule is O=C(OCCOc1ccc(Cl)cc1)C1CCCN1C(=O)c1cccs1. The van der Waals surface area contributed by atoms with E-state index in [1.54, 1.807) is 35.2 Å². The predicted molar refractivity (Wildman–Crippen MR) is 96.3 cm³/mol. The summed E-state index contributed by atoms with van der Waals surface area (Å²) in [5.41, 5.74) is 0. The molecular weight excluding hydrogens is 362 g/mol. The van der Waals surface area contributed by atoms with Crippen LogP contribution in [0.3, 0.4) is 0 Å². The highest BCUT2D eigenvalue weighted by Gasteiger charge is 2.35. The summed E-state index contributed by atoms with van der Waals surface area (Å²) in [6.07, 6.45) is 1.44. The number of amides is 1. The van der Waals surface area contributed by atoms with E-state index < -0.39 is 6.04 Å². The van der Waals surface area contributed by atoms with Gasteiger partial charge in [-0.05, 0) is 48.6 Å². The Morgan fingerprint density at radius 2 is 2.00 bits per heavy atom. The first-order chi connectivity index (χ1) is 12.1. The van der Waals surface area contributed by atoms with E-state index in [-0.39, 0.29) is 25.1 Å². The molecule has 1 fully saturated rings. The first kappa shape index (κ1) is 17.8. The van der Waals surface area contributed by atoms with Crippen LogP contribution < -0.4 is 4.74 Å². The smallest absolute Gasteiger partial charge is 0.328 e. The molecule has 5 nitrogen and oxygen atoms in total. The number of carbonyl (C=O) groups is 2. The predicted octanol–water partition coefficient (Wildman–Crippen LogP) is 3.63. The van der Waals surface area contributed by atoms with Crippen LogP contribution in [0.4, 0.5) is 0 Å². The normalized spacial score (nSPS) is 16.7. The Hall–Kier alpha value is -2.05. The van der Waals surface area contributed by atoms with Crippen LogP contribution in [0.15, 0.2) is 41.8 Å². The second kappa shape index (κ2) is 8.36. The zero-order valence-corrected chi connectivity index (χ0v) is 15.1. The third kappa shape index (κ3) is 4.52. The molecule has 0 saturated carbocycles. The van der Waals surface area contributed by atoms with Gasteiger partial charge in [-0.15, -0.1) is 11.3 Å². The molecule has 1 amide bonds. The van der Waals surface area contributed by atoms with E-state index in [0.717, 1.165) is 6.42 Å². The van der Waals surface area contributed by atoms with Gasteiger partial charge in [0, 0.05) is 11.6 Å². The molecule has 1 saturated heterocycles. The van der Waals surface area contributed by atoms with Gasteiger partial charge in [0.2, 0.25) is 0 Å². The topological polar surface area (TPSA) is 55.8 Å². The van der Waals surface area contributed by atoms with Crippen LogP contribution in [0, 0.1) is 0 Å². The Balaban J connectivity index is 1.47. The number of likely N-dealkylation sites (tertiary alicyclic amines) is 1. The van der Waals surface area contributed by atoms with Gasteiger partial charge in [-0.25, -0.2) is 4.79 Å². The quantitative estimate of drug-likeness (QED) is 0.568. The van der Waals surface area contributed by atoms with E-state index in [1.807, 2.05) is 11.4 Å². The van der Waals surface area contributed by atoms with E-state index >= 15 is 0 Å². The monoisotopic (exact) mass is 379 g/mol. The van der Waals surface area contributed by atoms with E-state index in [9.17, 15) is 9.59 Å². The maximum absolute atomic E-state index is 12.5. The third-order valence-electron chi connectivity index (χ3n) is 3.93. The lowest BCUT2D eigenvalue weighted by atomic mass is 10.2. The molecule has 0 spiro atoms. The molecule has 0 radical (unpaired) electrons. The lowest BCUT2D eigenvalue weighted by Crippen LogP contribution is -2.41. The summed E-state index contributed by atoms with van der Waals surface area (Å²) in [6, 6.07) is 10.1. The van der Waals surface area contributed by atoms with Crippen molar-refractivity contribution in [1.29, 1.82) is 0 Å². The van der Waals surface area contributed by atoms with Crippen LogP contribution in [0.1, 0.15) is 22.5 Å². The van der Waals surface area contributed by atoms with Crippen LogP contribution in [-0.4, -0.2) is 42.6 Å². The molecule has 0 N–H and O–H groups in total. The van der Waals surface area contributed by atoms with Crippen molar-refractivity contribution < 1.29 is 19.1 Å². The summed E-state index contributed by atoms with van der Waals surface area (Å²) in [5, 5.41) is 2.49. The molecule has 3 rings (SSSR count). The van der Waals surface area contributed by atoms with Crippen molar-refractivity contribution >= 4 is 34.8 Å². The second-order valence-corrected chi connectivity index (χ2v) is 6.99. The minimum Gasteiger partial charge on any atom is -0.490 e. The van der Waals surface area contributed by atoms with Crippen LogP contribution >= 0.6 is 22.9 Å². The molecular formula is C18H18ClNO4S. The Bertz CT molecular complexity index is 717. The number of rotatable bonds is 6. The summed E-state index contributed by atoms with van der Waals surface area (Å²) >= 11 is 7.19. The van der Waals surface area contributed by atoms with Gasteiger partial charge >= 0.3 is 5.97 Å². The van der Waals surface area contributed by atoms with E-state index in [0.29, 0.717) is 28.6 Å². The van der Waals surface area contributed by atoms with Crippen molar-refractivity contribution in [2.75, 3.05) is 19.8 Å². The van der Waals surface area contributed by atoms with Gasteiger partial charge in [0.15, 0.2) is 0 Å². The van der Waals surface area contributed by atoms with Crippen molar-refractivity contribution in [3.63, 3.8) is 0 Å². The summed E-state index contributed by atoms with van der Waals surface area (Å²) in [5.74, 6) is 0.185. The van der Waals surface area contributed by atoms with E-state index in [4.69, 9.17) is 21.1 Å². The average Bonchev–Trinajstić information content (AvgIpc) is 3.31. The molecule has 2 heterocycles. The summed E-state index contributed by atoms with van der Waals surface area (Å²) in [4.78, 5) is 27.0. The van der Waals surface area contributed by atoms with Crippen LogP contribution in [0.25, 0.3) is 0 Å². The summed E-state index contributed by atoms with van der Waals surface area (Å²) in [7, 11) is 0. The maximum Gasteiger partial charge on any atom is 0.328 e. The van der Waals surface area contributed by atoms with Gasteiger partial charge in [0.05, 0.1) is 4.88 Å². The number of hydrogen-bond donors (Lipinski definition) is 0. The van der Waals surface area contributed by atoms with Gasteiger partial charge in [0.25, 0.3) is 5.91 Å². The molecule has 1 aromatic carbocycles. The fourth-order valence-corrected chi connectivity index (χ4v) is 3.53. The standard InChI is InChI=1S/C18H18ClNO4S/c19-13-5-7-14(8-6-13)23-10-11-24-18(22)15-3-1-9-20(15)17(21)16-4-2-12-25-16/h2,4-8,12,15H,1,3,9-11H2.